The molecule has 1 unspecified atom stereocenters. The van der Waals surface area contributed by atoms with Crippen LogP contribution in [0.25, 0.3) is 0 Å². The highest BCUT2D eigenvalue weighted by Crippen LogP contribution is 2.61. The van der Waals surface area contributed by atoms with Gasteiger partial charge in [0.05, 0.1) is 31.8 Å². The number of fused-ring (bicyclic) bond motifs is 1. The molecular weight excluding hydrogens is 548 g/mol. The number of allylic oxidation sites excluding steroid dienone is 2. The van der Waals surface area contributed by atoms with E-state index in [1.54, 1.807) is 12.5 Å². The van der Waals surface area contributed by atoms with Crippen molar-refractivity contribution in [2.75, 3.05) is 13.2 Å². The highest BCUT2D eigenvalue weighted by Gasteiger charge is 2.57. The zero-order valence-electron chi connectivity index (χ0n) is 25.0. The molecule has 11 nitrogen and oxygen atoms in total. The summed E-state index contributed by atoms with van der Waals surface area (Å²) < 4.78 is 29.2. The summed E-state index contributed by atoms with van der Waals surface area (Å²) in [6, 6.07) is 2.02. The highest BCUT2D eigenvalue weighted by molar-refractivity contribution is 5.29. The van der Waals surface area contributed by atoms with Gasteiger partial charge in [0.15, 0.2) is 12.6 Å². The Kier molecular flexibility index (Phi) is 9.57. The van der Waals surface area contributed by atoms with Crippen molar-refractivity contribution in [1.82, 2.24) is 0 Å². The third-order valence-electron chi connectivity index (χ3n) is 10.6. The second kappa shape index (κ2) is 12.5. The number of rotatable bonds is 9. The summed E-state index contributed by atoms with van der Waals surface area (Å²) in [5.74, 6) is 0.305. The predicted molar refractivity (Wildman–Crippen MR) is 149 cm³/mol. The van der Waals surface area contributed by atoms with Crippen LogP contribution >= 0.6 is 0 Å². The fourth-order valence-electron chi connectivity index (χ4n) is 8.13. The molecule has 238 valence electrons. The molecule has 0 amide bonds. The topological polar surface area (TPSA) is 171 Å². The van der Waals surface area contributed by atoms with Crippen LogP contribution in [0.1, 0.15) is 65.4 Å². The van der Waals surface area contributed by atoms with Gasteiger partial charge in [0.1, 0.15) is 42.7 Å². The first-order valence-corrected chi connectivity index (χ1v) is 15.2. The van der Waals surface area contributed by atoms with Gasteiger partial charge in [-0.25, -0.2) is 0 Å². The third kappa shape index (κ3) is 5.74. The molecule has 1 aromatic heterocycles. The van der Waals surface area contributed by atoms with Crippen molar-refractivity contribution in [2.45, 2.75) is 128 Å². The van der Waals surface area contributed by atoms with Gasteiger partial charge >= 0.3 is 0 Å². The van der Waals surface area contributed by atoms with Crippen LogP contribution in [-0.2, 0) is 25.4 Å². The van der Waals surface area contributed by atoms with Gasteiger partial charge in [-0.3, -0.25) is 0 Å². The fourth-order valence-corrected chi connectivity index (χ4v) is 8.13. The highest BCUT2D eigenvalue weighted by atomic mass is 16.8. The number of aliphatic hydroxyl groups excluding tert-OH is 6. The minimum absolute atomic E-state index is 0.0145. The average Bonchev–Trinajstić information content (AvgIpc) is 3.57. The Hall–Kier alpha value is -1.38. The van der Waals surface area contributed by atoms with E-state index in [1.807, 2.05) is 6.07 Å². The van der Waals surface area contributed by atoms with E-state index in [4.69, 9.17) is 23.4 Å². The van der Waals surface area contributed by atoms with E-state index in [9.17, 15) is 30.6 Å². The van der Waals surface area contributed by atoms with Crippen molar-refractivity contribution in [3.8, 4) is 0 Å². The Morgan fingerprint density at radius 3 is 2.17 bits per heavy atom. The molecule has 3 fully saturated rings. The SMILES string of the molecule is CC1=C(CCc2ccoc2)[C@@]2(C)CC[C@H](O[C@@H]3O[C@H](CO)[C@@H](O)[C@H](O)[C@H]3O[C@@H]3O[C@@H](CO)[C@H](O)[C@H]3O)C(C)(C)C2CC1. The lowest BCUT2D eigenvalue weighted by Crippen LogP contribution is -2.63. The van der Waals surface area contributed by atoms with E-state index in [2.05, 4.69) is 27.7 Å². The van der Waals surface area contributed by atoms with E-state index < -0.39 is 68.5 Å². The van der Waals surface area contributed by atoms with Crippen LogP contribution in [0.2, 0.25) is 0 Å². The van der Waals surface area contributed by atoms with E-state index >= 15 is 0 Å². The van der Waals surface area contributed by atoms with Gasteiger partial charge in [0.2, 0.25) is 0 Å². The Bertz CT molecular complexity index is 1070. The Morgan fingerprint density at radius 2 is 1.52 bits per heavy atom. The predicted octanol–water partition coefficient (Wildman–Crippen LogP) is 1.41. The molecule has 2 aliphatic heterocycles. The molecule has 6 N–H and O–H groups in total. The minimum atomic E-state index is -1.53. The van der Waals surface area contributed by atoms with E-state index in [-0.39, 0.29) is 16.9 Å². The molecule has 1 saturated carbocycles. The molecular formula is C31H48O11. The lowest BCUT2D eigenvalue weighted by molar-refractivity contribution is -0.354. The summed E-state index contributed by atoms with van der Waals surface area (Å²) in [6.07, 6.45) is -3.23. The van der Waals surface area contributed by atoms with Crippen LogP contribution in [0.5, 0.6) is 0 Å². The van der Waals surface area contributed by atoms with Crippen molar-refractivity contribution < 1.29 is 54.0 Å². The molecule has 11 heteroatoms. The lowest BCUT2D eigenvalue weighted by Gasteiger charge is -2.58. The summed E-state index contributed by atoms with van der Waals surface area (Å²) in [4.78, 5) is 0. The summed E-state index contributed by atoms with van der Waals surface area (Å²) in [5, 5.41) is 61.6. The second-order valence-corrected chi connectivity index (χ2v) is 13.4. The van der Waals surface area contributed by atoms with Gasteiger partial charge < -0.3 is 54.0 Å². The molecule has 0 bridgehead atoms. The molecule has 1 aromatic rings. The monoisotopic (exact) mass is 596 g/mol. The number of hydrogen-bond donors (Lipinski definition) is 6. The van der Waals surface area contributed by atoms with Crippen molar-refractivity contribution in [1.29, 1.82) is 0 Å². The summed E-state index contributed by atoms with van der Waals surface area (Å²) in [5.41, 5.74) is 3.83. The van der Waals surface area contributed by atoms with Crippen LogP contribution in [-0.4, -0.2) is 105 Å². The molecule has 2 saturated heterocycles. The maximum Gasteiger partial charge on any atom is 0.187 e. The second-order valence-electron chi connectivity index (χ2n) is 13.4. The summed E-state index contributed by atoms with van der Waals surface area (Å²) >= 11 is 0. The first-order chi connectivity index (χ1) is 19.9. The number of aryl methyl sites for hydroxylation is 1. The largest absolute Gasteiger partial charge is 0.472 e. The summed E-state index contributed by atoms with van der Waals surface area (Å²) in [7, 11) is 0. The Labute approximate surface area is 247 Å². The fraction of sp³-hybridized carbons (Fsp3) is 0.806. The van der Waals surface area contributed by atoms with Crippen molar-refractivity contribution >= 4 is 0 Å². The van der Waals surface area contributed by atoms with Crippen LogP contribution in [0.3, 0.4) is 0 Å². The first-order valence-electron chi connectivity index (χ1n) is 15.2. The molecule has 4 aliphatic rings. The van der Waals surface area contributed by atoms with Gasteiger partial charge in [-0.05, 0) is 73.8 Å². The van der Waals surface area contributed by atoms with Crippen LogP contribution in [0.4, 0.5) is 0 Å². The molecule has 0 spiro atoms. The molecule has 0 aromatic carbocycles. The number of aliphatic hydroxyl groups is 6. The zero-order valence-corrected chi connectivity index (χ0v) is 25.0. The Morgan fingerprint density at radius 1 is 0.857 bits per heavy atom. The molecule has 42 heavy (non-hydrogen) atoms. The first kappa shape index (κ1) is 32.0. The van der Waals surface area contributed by atoms with Crippen LogP contribution in [0.15, 0.2) is 34.2 Å². The van der Waals surface area contributed by atoms with E-state index in [0.717, 1.165) is 32.1 Å². The maximum absolute atomic E-state index is 11.0. The maximum atomic E-state index is 11.0. The number of ether oxygens (including phenoxy) is 4. The van der Waals surface area contributed by atoms with Crippen LogP contribution < -0.4 is 0 Å². The number of hydrogen-bond acceptors (Lipinski definition) is 11. The quantitative estimate of drug-likeness (QED) is 0.228. The Balaban J connectivity index is 1.35. The van der Waals surface area contributed by atoms with Gasteiger partial charge in [-0.15, -0.1) is 0 Å². The minimum Gasteiger partial charge on any atom is -0.472 e. The standard InChI is InChI=1S/C31H48O11/c1-16-5-8-21-30(2,3)22(9-11-31(21,4)18(16)7-6-17-10-12-38-15-17)41-29-27(25(36)23(34)19(13-32)40-29)42-28-26(37)24(35)20(14-33)39-28/h10,12,15,19-29,32-37H,5-9,11,13-14H2,1-4H3/t19-,20+,21?,22+,23-,24+,25+,26-,27-,28+,29+,31-/m1/s1. The smallest absolute Gasteiger partial charge is 0.187 e. The van der Waals surface area contributed by atoms with Crippen molar-refractivity contribution in [3.63, 3.8) is 0 Å². The molecule has 3 heterocycles. The molecule has 5 rings (SSSR count). The van der Waals surface area contributed by atoms with Gasteiger partial charge in [0, 0.05) is 0 Å². The number of furan rings is 1. The van der Waals surface area contributed by atoms with Crippen molar-refractivity contribution in [3.05, 3.63) is 35.3 Å². The third-order valence-corrected chi connectivity index (χ3v) is 10.6. The van der Waals surface area contributed by atoms with Gasteiger partial charge in [-0.2, -0.15) is 0 Å². The molecule has 0 radical (unpaired) electrons. The molecule has 2 aliphatic carbocycles. The van der Waals surface area contributed by atoms with Crippen molar-refractivity contribution in [2.24, 2.45) is 16.7 Å². The lowest BCUT2D eigenvalue weighted by atomic mass is 9.49. The van der Waals surface area contributed by atoms with Gasteiger partial charge in [-0.1, -0.05) is 31.9 Å². The van der Waals surface area contributed by atoms with Crippen LogP contribution in [0, 0.1) is 16.7 Å². The van der Waals surface area contributed by atoms with E-state index in [0.29, 0.717) is 12.3 Å². The average molecular weight is 597 g/mol. The molecule has 12 atom stereocenters. The normalized spacial score (nSPS) is 43.9. The summed E-state index contributed by atoms with van der Waals surface area (Å²) in [6.45, 7) is 7.94. The van der Waals surface area contributed by atoms with Gasteiger partial charge in [0.25, 0.3) is 0 Å². The zero-order chi connectivity index (χ0) is 30.4. The van der Waals surface area contributed by atoms with E-state index in [1.165, 1.54) is 16.7 Å².